The third-order valence-corrected chi connectivity index (χ3v) is 1.34. The lowest BCUT2D eigenvalue weighted by Gasteiger charge is -2.06. The van der Waals surface area contributed by atoms with E-state index >= 15 is 0 Å². The minimum Gasteiger partial charge on any atom is -0.432 e. The first-order valence-corrected chi connectivity index (χ1v) is 3.51. The standard InChI is InChI=1S/C8H5F3NO2/c9-6-3-5(12-4-13)1-2-7(6)14-8(10)11/h1-3,8H,(H,12,13). The average molecular weight is 204 g/mol. The topological polar surface area (TPSA) is 38.3 Å². The summed E-state index contributed by atoms with van der Waals surface area (Å²) in [6, 6.07) is 3.05. The van der Waals surface area contributed by atoms with Crippen molar-refractivity contribution in [2.45, 2.75) is 6.61 Å². The number of amides is 1. The molecular formula is C8H5F3NO2. The fourth-order valence-electron chi connectivity index (χ4n) is 0.829. The van der Waals surface area contributed by atoms with Crippen molar-refractivity contribution in [3.8, 4) is 5.75 Å². The van der Waals surface area contributed by atoms with E-state index in [1.165, 1.54) is 12.5 Å². The van der Waals surface area contributed by atoms with Gasteiger partial charge in [-0.2, -0.15) is 8.78 Å². The third-order valence-electron chi connectivity index (χ3n) is 1.34. The van der Waals surface area contributed by atoms with Crippen molar-refractivity contribution in [1.82, 2.24) is 0 Å². The number of anilines is 1. The Kier molecular flexibility index (Phi) is 3.33. The van der Waals surface area contributed by atoms with Gasteiger partial charge in [0.05, 0.1) is 0 Å². The molecule has 0 aliphatic carbocycles. The van der Waals surface area contributed by atoms with Gasteiger partial charge >= 0.3 is 13.0 Å². The molecule has 1 amide bonds. The van der Waals surface area contributed by atoms with Crippen LogP contribution in [0.25, 0.3) is 0 Å². The molecule has 0 bridgehead atoms. The maximum atomic E-state index is 12.9. The zero-order valence-corrected chi connectivity index (χ0v) is 6.76. The zero-order chi connectivity index (χ0) is 10.6. The summed E-state index contributed by atoms with van der Waals surface area (Å²) >= 11 is 0. The van der Waals surface area contributed by atoms with Crippen LogP contribution in [0.15, 0.2) is 18.2 Å². The van der Waals surface area contributed by atoms with Crippen molar-refractivity contribution < 1.29 is 22.7 Å². The second kappa shape index (κ2) is 4.50. The van der Waals surface area contributed by atoms with Crippen LogP contribution in [0.1, 0.15) is 0 Å². The van der Waals surface area contributed by atoms with Gasteiger partial charge in [0.25, 0.3) is 0 Å². The maximum absolute atomic E-state index is 12.9. The van der Waals surface area contributed by atoms with E-state index < -0.39 is 18.2 Å². The molecule has 1 radical (unpaired) electrons. The molecule has 0 saturated heterocycles. The lowest BCUT2D eigenvalue weighted by atomic mass is 10.3. The van der Waals surface area contributed by atoms with Gasteiger partial charge in [-0.25, -0.2) is 4.39 Å². The van der Waals surface area contributed by atoms with Crippen LogP contribution in [0, 0.1) is 5.82 Å². The van der Waals surface area contributed by atoms with Crippen molar-refractivity contribution >= 4 is 12.1 Å². The predicted molar refractivity (Wildman–Crippen MR) is 42.3 cm³/mol. The summed E-state index contributed by atoms with van der Waals surface area (Å²) in [5.41, 5.74) is 0.110. The lowest BCUT2D eigenvalue weighted by molar-refractivity contribution is -0.0521. The molecular weight excluding hydrogens is 199 g/mol. The Hall–Kier alpha value is -1.72. The van der Waals surface area contributed by atoms with Crippen LogP contribution < -0.4 is 10.1 Å². The summed E-state index contributed by atoms with van der Waals surface area (Å²) in [6.07, 6.45) is 1.32. The highest BCUT2D eigenvalue weighted by Crippen LogP contribution is 2.22. The van der Waals surface area contributed by atoms with E-state index in [4.69, 9.17) is 0 Å². The average Bonchev–Trinajstić information content (AvgIpc) is 2.10. The molecule has 1 aromatic carbocycles. The molecule has 0 unspecified atom stereocenters. The normalized spacial score (nSPS) is 10.0. The number of carbonyl (C=O) groups excluding carboxylic acids is 1. The van der Waals surface area contributed by atoms with Gasteiger partial charge < -0.3 is 10.1 Å². The summed E-state index contributed by atoms with van der Waals surface area (Å²) in [6.45, 7) is -3.08. The van der Waals surface area contributed by atoms with Crippen LogP contribution in [0.5, 0.6) is 5.75 Å². The molecule has 0 aliphatic rings. The highest BCUT2D eigenvalue weighted by molar-refractivity contribution is 5.71. The molecule has 0 heterocycles. The van der Waals surface area contributed by atoms with Gasteiger partial charge in [-0.3, -0.25) is 4.79 Å². The number of halogens is 3. The SMILES string of the molecule is O=[C]Nc1ccc(OC(F)F)c(F)c1. The molecule has 0 spiro atoms. The van der Waals surface area contributed by atoms with Gasteiger partial charge in [0.1, 0.15) is 0 Å². The number of hydrogen-bond donors (Lipinski definition) is 1. The highest BCUT2D eigenvalue weighted by atomic mass is 19.3. The molecule has 0 aromatic heterocycles. The van der Waals surface area contributed by atoms with Crippen molar-refractivity contribution in [1.29, 1.82) is 0 Å². The second-order valence-corrected chi connectivity index (χ2v) is 2.25. The molecule has 1 aromatic rings. The quantitative estimate of drug-likeness (QED) is 0.760. The summed E-state index contributed by atoms with van der Waals surface area (Å²) in [7, 11) is 0. The van der Waals surface area contributed by atoms with Crippen LogP contribution in [0.2, 0.25) is 0 Å². The van der Waals surface area contributed by atoms with Crippen molar-refractivity contribution in [3.05, 3.63) is 24.0 Å². The molecule has 0 saturated carbocycles. The number of alkyl halides is 2. The first kappa shape index (κ1) is 10.4. The number of hydrogen-bond acceptors (Lipinski definition) is 2. The van der Waals surface area contributed by atoms with E-state index in [1.807, 2.05) is 5.32 Å². The van der Waals surface area contributed by atoms with Gasteiger partial charge in [-0.1, -0.05) is 0 Å². The number of benzene rings is 1. The smallest absolute Gasteiger partial charge is 0.387 e. The largest absolute Gasteiger partial charge is 0.432 e. The Bertz CT molecular complexity index is 330. The molecule has 0 aliphatic heterocycles. The molecule has 1 rings (SSSR count). The van der Waals surface area contributed by atoms with E-state index in [0.29, 0.717) is 0 Å². The second-order valence-electron chi connectivity index (χ2n) is 2.25. The Morgan fingerprint density at radius 3 is 2.64 bits per heavy atom. The molecule has 75 valence electrons. The molecule has 14 heavy (non-hydrogen) atoms. The monoisotopic (exact) mass is 204 g/mol. The van der Waals surface area contributed by atoms with Crippen molar-refractivity contribution in [2.75, 3.05) is 5.32 Å². The van der Waals surface area contributed by atoms with Gasteiger partial charge in [0.15, 0.2) is 11.6 Å². The minimum atomic E-state index is -3.08. The third kappa shape index (κ3) is 2.65. The number of ether oxygens (including phenoxy) is 1. The van der Waals surface area contributed by atoms with Crippen LogP contribution in [-0.2, 0) is 4.79 Å². The van der Waals surface area contributed by atoms with E-state index in [1.54, 1.807) is 0 Å². The number of rotatable bonds is 4. The minimum absolute atomic E-state index is 0.110. The fraction of sp³-hybridized carbons (Fsp3) is 0.125. The Morgan fingerprint density at radius 2 is 2.14 bits per heavy atom. The van der Waals surface area contributed by atoms with Gasteiger partial charge in [0, 0.05) is 11.8 Å². The van der Waals surface area contributed by atoms with Gasteiger partial charge in [0.2, 0.25) is 0 Å². The zero-order valence-electron chi connectivity index (χ0n) is 6.76. The van der Waals surface area contributed by atoms with Gasteiger partial charge in [-0.15, -0.1) is 0 Å². The molecule has 0 atom stereocenters. The lowest BCUT2D eigenvalue weighted by Crippen LogP contribution is -2.04. The van der Waals surface area contributed by atoms with Crippen LogP contribution in [0.4, 0.5) is 18.9 Å². The summed E-state index contributed by atoms with van der Waals surface area (Å²) < 4.78 is 40.1. The first-order chi connectivity index (χ1) is 6.63. The Morgan fingerprint density at radius 1 is 1.43 bits per heavy atom. The predicted octanol–water partition coefficient (Wildman–Crippen LogP) is 1.91. The summed E-state index contributed by atoms with van der Waals surface area (Å²) in [4.78, 5) is 9.84. The Balaban J connectivity index is 2.83. The van der Waals surface area contributed by atoms with Crippen LogP contribution >= 0.6 is 0 Å². The van der Waals surface area contributed by atoms with E-state index in [9.17, 15) is 18.0 Å². The maximum Gasteiger partial charge on any atom is 0.387 e. The summed E-state index contributed by atoms with van der Waals surface area (Å²) in [5.74, 6) is -1.55. The van der Waals surface area contributed by atoms with E-state index in [-0.39, 0.29) is 5.69 Å². The highest BCUT2D eigenvalue weighted by Gasteiger charge is 2.09. The fourth-order valence-corrected chi connectivity index (χ4v) is 0.829. The van der Waals surface area contributed by atoms with Crippen LogP contribution in [-0.4, -0.2) is 13.0 Å². The van der Waals surface area contributed by atoms with E-state index in [2.05, 4.69) is 4.74 Å². The van der Waals surface area contributed by atoms with Crippen molar-refractivity contribution in [2.24, 2.45) is 0 Å². The first-order valence-electron chi connectivity index (χ1n) is 3.51. The molecule has 0 fully saturated rings. The van der Waals surface area contributed by atoms with Crippen LogP contribution in [0.3, 0.4) is 0 Å². The Labute approximate surface area is 77.5 Å². The molecule has 1 N–H and O–H groups in total. The number of nitrogens with one attached hydrogen (secondary N) is 1. The van der Waals surface area contributed by atoms with Crippen molar-refractivity contribution in [3.63, 3.8) is 0 Å². The van der Waals surface area contributed by atoms with E-state index in [0.717, 1.165) is 12.1 Å². The molecule has 3 nitrogen and oxygen atoms in total. The summed E-state index contributed by atoms with van der Waals surface area (Å²) in [5, 5.41) is 2.04. The molecule has 6 heteroatoms. The van der Waals surface area contributed by atoms with Gasteiger partial charge in [-0.05, 0) is 12.1 Å².